The van der Waals surface area contributed by atoms with E-state index < -0.39 is 5.54 Å². The smallest absolute Gasteiger partial charge is 0.332 e. The number of aromatic nitrogens is 1. The summed E-state index contributed by atoms with van der Waals surface area (Å²) in [7, 11) is 0. The molecular formula is C29H34N4O3. The van der Waals surface area contributed by atoms with Crippen molar-refractivity contribution in [2.45, 2.75) is 65.0 Å². The fraction of sp³-hybridized carbons (Fsp3) is 0.414. The summed E-state index contributed by atoms with van der Waals surface area (Å²) in [4.78, 5) is 46.7. The molecule has 1 aromatic heterocycles. The number of carbonyl (C=O) groups excluding carboxylic acids is 3. The standard InChI is InChI=1S/C29H34N4O3/c1-18(2)9-7-10-19(3)30-26(34)20-11-8-12-21(17-20)33-27(35)29(4)25-23(15-16-32(29)28(33)36)22-13-5-6-14-24(22)31-25/h5-6,8,11-14,17-19,31H,7,9-10,15-16H2,1-4H3,(H,30,34). The zero-order valence-electron chi connectivity index (χ0n) is 21.4. The molecule has 0 aliphatic carbocycles. The number of anilines is 1. The number of nitrogens with one attached hydrogen (secondary N) is 2. The number of benzene rings is 2. The van der Waals surface area contributed by atoms with Crippen LogP contribution in [-0.4, -0.2) is 40.3 Å². The van der Waals surface area contributed by atoms with Crippen molar-refractivity contribution in [3.05, 3.63) is 65.4 Å². The Bertz CT molecular complexity index is 1340. The molecule has 2 atom stereocenters. The van der Waals surface area contributed by atoms with Gasteiger partial charge in [-0.25, -0.2) is 9.69 Å². The van der Waals surface area contributed by atoms with E-state index in [9.17, 15) is 14.4 Å². The number of rotatable bonds is 7. The van der Waals surface area contributed by atoms with Gasteiger partial charge in [0.15, 0.2) is 5.54 Å². The molecule has 5 rings (SSSR count). The molecule has 0 saturated carbocycles. The first-order chi connectivity index (χ1) is 17.2. The van der Waals surface area contributed by atoms with Crippen molar-refractivity contribution in [2.24, 2.45) is 5.92 Å². The fourth-order valence-corrected chi connectivity index (χ4v) is 5.62. The Balaban J connectivity index is 1.40. The highest BCUT2D eigenvalue weighted by Gasteiger charge is 2.59. The summed E-state index contributed by atoms with van der Waals surface area (Å²) >= 11 is 0. The van der Waals surface area contributed by atoms with Crippen molar-refractivity contribution < 1.29 is 14.4 Å². The number of H-pyrrole nitrogens is 1. The second-order valence-electron chi connectivity index (χ2n) is 10.7. The maximum absolute atomic E-state index is 13.9. The molecule has 2 N–H and O–H groups in total. The highest BCUT2D eigenvalue weighted by atomic mass is 16.2. The van der Waals surface area contributed by atoms with Gasteiger partial charge < -0.3 is 15.2 Å². The van der Waals surface area contributed by atoms with Crippen molar-refractivity contribution >= 4 is 34.4 Å². The molecule has 3 aromatic rings. The molecule has 2 aromatic carbocycles. The number of amides is 4. The molecule has 4 amide bonds. The highest BCUT2D eigenvalue weighted by molar-refractivity contribution is 6.24. The first-order valence-electron chi connectivity index (χ1n) is 12.9. The van der Waals surface area contributed by atoms with Crippen molar-refractivity contribution in [1.29, 1.82) is 0 Å². The van der Waals surface area contributed by atoms with Gasteiger partial charge >= 0.3 is 6.03 Å². The maximum atomic E-state index is 13.9. The van der Waals surface area contributed by atoms with Crippen LogP contribution in [0.1, 0.15) is 68.6 Å². The normalized spacial score (nSPS) is 20.1. The van der Waals surface area contributed by atoms with E-state index in [4.69, 9.17) is 0 Å². The molecular weight excluding hydrogens is 452 g/mol. The zero-order chi connectivity index (χ0) is 25.6. The summed E-state index contributed by atoms with van der Waals surface area (Å²) in [5.41, 5.74) is 2.56. The van der Waals surface area contributed by atoms with Crippen LogP contribution in [0.5, 0.6) is 0 Å². The number of fused-ring (bicyclic) bond motifs is 5. The van der Waals surface area contributed by atoms with Crippen molar-refractivity contribution in [3.8, 4) is 0 Å². The number of hydrogen-bond donors (Lipinski definition) is 2. The van der Waals surface area contributed by atoms with Crippen LogP contribution in [0.3, 0.4) is 0 Å². The summed E-state index contributed by atoms with van der Waals surface area (Å²) in [6, 6.07) is 14.5. The summed E-state index contributed by atoms with van der Waals surface area (Å²) in [5.74, 6) is 0.135. The van der Waals surface area contributed by atoms with Gasteiger partial charge in [-0.3, -0.25) is 9.59 Å². The van der Waals surface area contributed by atoms with E-state index >= 15 is 0 Å². The number of hydrogen-bond acceptors (Lipinski definition) is 3. The summed E-state index contributed by atoms with van der Waals surface area (Å²) in [6.07, 6.45) is 3.77. The Morgan fingerprint density at radius 1 is 1.08 bits per heavy atom. The summed E-state index contributed by atoms with van der Waals surface area (Å²) < 4.78 is 0. The molecule has 0 bridgehead atoms. The second-order valence-corrected chi connectivity index (χ2v) is 10.7. The van der Waals surface area contributed by atoms with Crippen LogP contribution in [0.2, 0.25) is 0 Å². The lowest BCUT2D eigenvalue weighted by molar-refractivity contribution is -0.125. The molecule has 0 spiro atoms. The molecule has 1 saturated heterocycles. The molecule has 7 nitrogen and oxygen atoms in total. The van der Waals surface area contributed by atoms with E-state index in [1.165, 1.54) is 4.90 Å². The summed E-state index contributed by atoms with van der Waals surface area (Å²) in [6.45, 7) is 8.67. The van der Waals surface area contributed by atoms with Crippen LogP contribution < -0.4 is 10.2 Å². The number of carbonyl (C=O) groups is 3. The SMILES string of the molecule is CC(C)CCCC(C)NC(=O)c1cccc(N2C(=O)N3CCc4c([nH]c5ccccc45)C3(C)C2=O)c1. The third-order valence-corrected chi connectivity index (χ3v) is 7.63. The summed E-state index contributed by atoms with van der Waals surface area (Å²) in [5, 5.41) is 4.14. The van der Waals surface area contributed by atoms with E-state index in [1.54, 1.807) is 29.2 Å². The lowest BCUT2D eigenvalue weighted by atomic mass is 9.87. The number of urea groups is 1. The predicted octanol–water partition coefficient (Wildman–Crippen LogP) is 5.35. The number of aromatic amines is 1. The molecule has 0 radical (unpaired) electrons. The predicted molar refractivity (Wildman–Crippen MR) is 141 cm³/mol. The Morgan fingerprint density at radius 2 is 1.86 bits per heavy atom. The first-order valence-corrected chi connectivity index (χ1v) is 12.9. The second kappa shape index (κ2) is 9.12. The minimum Gasteiger partial charge on any atom is -0.356 e. The molecule has 188 valence electrons. The minimum absolute atomic E-state index is 0.0447. The van der Waals surface area contributed by atoms with Crippen LogP contribution in [-0.2, 0) is 16.8 Å². The highest BCUT2D eigenvalue weighted by Crippen LogP contribution is 2.45. The van der Waals surface area contributed by atoms with Crippen LogP contribution in [0.15, 0.2) is 48.5 Å². The molecule has 3 heterocycles. The Hall–Kier alpha value is -3.61. The monoisotopic (exact) mass is 486 g/mol. The first kappa shape index (κ1) is 24.1. The molecule has 7 heteroatoms. The third-order valence-electron chi connectivity index (χ3n) is 7.63. The van der Waals surface area contributed by atoms with Crippen LogP contribution >= 0.6 is 0 Å². The Morgan fingerprint density at radius 3 is 2.64 bits per heavy atom. The van der Waals surface area contributed by atoms with E-state index in [0.717, 1.165) is 41.4 Å². The average molecular weight is 487 g/mol. The van der Waals surface area contributed by atoms with Gasteiger partial charge in [0.05, 0.1) is 11.4 Å². The van der Waals surface area contributed by atoms with Crippen molar-refractivity contribution in [3.63, 3.8) is 0 Å². The molecule has 1 fully saturated rings. The van der Waals surface area contributed by atoms with Crippen LogP contribution in [0, 0.1) is 5.92 Å². The lowest BCUT2D eigenvalue weighted by Gasteiger charge is -2.35. The van der Waals surface area contributed by atoms with Crippen molar-refractivity contribution in [2.75, 3.05) is 11.4 Å². The van der Waals surface area contributed by atoms with Gasteiger partial charge in [0.25, 0.3) is 11.8 Å². The quantitative estimate of drug-likeness (QED) is 0.441. The van der Waals surface area contributed by atoms with Gasteiger partial charge in [-0.2, -0.15) is 0 Å². The van der Waals surface area contributed by atoms with Gasteiger partial charge in [-0.05, 0) is 62.4 Å². The van der Waals surface area contributed by atoms with E-state index in [1.807, 2.05) is 32.0 Å². The molecule has 2 aliphatic rings. The third kappa shape index (κ3) is 3.87. The van der Waals surface area contributed by atoms with E-state index in [-0.39, 0.29) is 23.9 Å². The van der Waals surface area contributed by atoms with Crippen LogP contribution in [0.25, 0.3) is 10.9 Å². The van der Waals surface area contributed by atoms with Crippen LogP contribution in [0.4, 0.5) is 10.5 Å². The topological polar surface area (TPSA) is 85.5 Å². The Kier molecular flexibility index (Phi) is 6.10. The number of imide groups is 1. The Labute approximate surface area is 211 Å². The lowest BCUT2D eigenvalue weighted by Crippen LogP contribution is -2.49. The van der Waals surface area contributed by atoms with Gasteiger partial charge in [-0.1, -0.05) is 51.0 Å². The van der Waals surface area contributed by atoms with Gasteiger partial charge in [-0.15, -0.1) is 0 Å². The van der Waals surface area contributed by atoms with Gasteiger partial charge in [0.2, 0.25) is 0 Å². The van der Waals surface area contributed by atoms with Gasteiger partial charge in [0, 0.05) is 29.1 Å². The zero-order valence-corrected chi connectivity index (χ0v) is 21.4. The number of nitrogens with zero attached hydrogens (tertiary/aromatic N) is 2. The molecule has 2 unspecified atom stereocenters. The fourth-order valence-electron chi connectivity index (χ4n) is 5.62. The number of para-hydroxylation sites is 1. The molecule has 36 heavy (non-hydrogen) atoms. The maximum Gasteiger partial charge on any atom is 0.332 e. The van der Waals surface area contributed by atoms with E-state index in [0.29, 0.717) is 30.1 Å². The average Bonchev–Trinajstić information content (AvgIpc) is 3.32. The van der Waals surface area contributed by atoms with Crippen molar-refractivity contribution in [1.82, 2.24) is 15.2 Å². The van der Waals surface area contributed by atoms with Gasteiger partial charge in [0.1, 0.15) is 0 Å². The molecule has 2 aliphatic heterocycles. The largest absolute Gasteiger partial charge is 0.356 e. The minimum atomic E-state index is -1.12. The van der Waals surface area contributed by atoms with E-state index in [2.05, 4.69) is 30.2 Å².